The number of carbonyl (C=O) groups is 4. The number of carboxylic acids is 1. The summed E-state index contributed by atoms with van der Waals surface area (Å²) >= 11 is 0. The van der Waals surface area contributed by atoms with Crippen LogP contribution in [0.1, 0.15) is 51.6 Å². The van der Waals surface area contributed by atoms with Crippen molar-refractivity contribution in [1.82, 2.24) is 25.5 Å². The van der Waals surface area contributed by atoms with Crippen molar-refractivity contribution in [2.45, 2.75) is 76.5 Å². The zero-order chi connectivity index (χ0) is 27.5. The van der Waals surface area contributed by atoms with Gasteiger partial charge in [0.05, 0.1) is 12.4 Å². The van der Waals surface area contributed by atoms with Crippen molar-refractivity contribution in [3.05, 3.63) is 18.2 Å². The minimum absolute atomic E-state index is 0.0467. The molecular formula is C23H39N9O5. The summed E-state index contributed by atoms with van der Waals surface area (Å²) in [4.78, 5) is 63.0. The van der Waals surface area contributed by atoms with Crippen LogP contribution in [0.3, 0.4) is 0 Å². The van der Waals surface area contributed by atoms with Crippen molar-refractivity contribution in [3.63, 3.8) is 0 Å². The number of aromatic amines is 1. The third kappa shape index (κ3) is 9.37. The molecule has 206 valence electrons. The predicted molar refractivity (Wildman–Crippen MR) is 136 cm³/mol. The van der Waals surface area contributed by atoms with E-state index in [-0.39, 0.29) is 24.8 Å². The number of carboxylic acid groups (broad SMARTS) is 1. The highest BCUT2D eigenvalue weighted by molar-refractivity contribution is 5.94. The van der Waals surface area contributed by atoms with Gasteiger partial charge >= 0.3 is 5.97 Å². The number of carbonyl (C=O) groups excluding carboxylic acids is 3. The Labute approximate surface area is 215 Å². The summed E-state index contributed by atoms with van der Waals surface area (Å²) in [6.45, 7) is 4.41. The van der Waals surface area contributed by atoms with E-state index in [1.54, 1.807) is 0 Å². The molecule has 0 aromatic carbocycles. The number of rotatable bonds is 14. The smallest absolute Gasteiger partial charge is 0.326 e. The molecule has 0 spiro atoms. The lowest BCUT2D eigenvalue weighted by molar-refractivity contribution is -0.149. The minimum Gasteiger partial charge on any atom is -0.480 e. The molecule has 0 saturated carbocycles. The van der Waals surface area contributed by atoms with Gasteiger partial charge in [-0.3, -0.25) is 19.4 Å². The zero-order valence-corrected chi connectivity index (χ0v) is 21.4. The molecule has 0 bridgehead atoms. The highest BCUT2D eigenvalue weighted by Gasteiger charge is 2.38. The Hall–Kier alpha value is -3.68. The molecule has 0 aliphatic carbocycles. The molecule has 37 heavy (non-hydrogen) atoms. The number of aliphatic carboxylic acids is 1. The van der Waals surface area contributed by atoms with Gasteiger partial charge in [-0.25, -0.2) is 9.78 Å². The molecule has 4 unspecified atom stereocenters. The molecule has 1 aliphatic rings. The fraction of sp³-hybridized carbons (Fsp3) is 0.652. The molecule has 14 heteroatoms. The summed E-state index contributed by atoms with van der Waals surface area (Å²) in [7, 11) is 0. The van der Waals surface area contributed by atoms with Crippen molar-refractivity contribution in [1.29, 1.82) is 0 Å². The van der Waals surface area contributed by atoms with Crippen LogP contribution in [0.2, 0.25) is 0 Å². The quantitative estimate of drug-likeness (QED) is 0.0848. The number of aliphatic imine (C=N–C) groups is 1. The van der Waals surface area contributed by atoms with Crippen molar-refractivity contribution in [2.75, 3.05) is 13.1 Å². The first-order valence-electron chi connectivity index (χ1n) is 12.4. The average Bonchev–Trinajstić information content (AvgIpc) is 3.52. The lowest BCUT2D eigenvalue weighted by Gasteiger charge is -2.29. The summed E-state index contributed by atoms with van der Waals surface area (Å²) in [5.41, 5.74) is 17.2. The second-order valence-corrected chi connectivity index (χ2v) is 9.62. The Morgan fingerprint density at radius 3 is 2.51 bits per heavy atom. The Balaban J connectivity index is 2.13. The molecule has 1 fully saturated rings. The SMILES string of the molecule is CC(C)CC(NC(=O)C(N)CCCN=C(N)N)C(=O)NC(Cc1cnc[nH]1)C(=O)N1CCCC1C(=O)O. The number of H-pyrrole nitrogens is 1. The standard InChI is InChI=1S/C23H39N9O5/c1-13(2)9-16(30-19(33)15(24)5-3-7-28-23(25)26)20(34)31-17(10-14-11-27-12-29-14)21(35)32-8-4-6-18(32)22(36)37/h11-13,15-18H,3-10,24H2,1-2H3,(H,27,29)(H,30,33)(H,31,34)(H,36,37)(H4,25,26,28). The first kappa shape index (κ1) is 29.5. The average molecular weight is 522 g/mol. The number of amides is 3. The summed E-state index contributed by atoms with van der Waals surface area (Å²) < 4.78 is 0. The lowest BCUT2D eigenvalue weighted by atomic mass is 10.0. The van der Waals surface area contributed by atoms with Crippen molar-refractivity contribution < 1.29 is 24.3 Å². The van der Waals surface area contributed by atoms with Crippen LogP contribution < -0.4 is 27.8 Å². The molecule has 1 aromatic heterocycles. The molecular weight excluding hydrogens is 482 g/mol. The predicted octanol–water partition coefficient (Wildman–Crippen LogP) is -1.58. The number of aromatic nitrogens is 2. The van der Waals surface area contributed by atoms with Crippen LogP contribution in [0.5, 0.6) is 0 Å². The minimum atomic E-state index is -1.09. The van der Waals surface area contributed by atoms with E-state index in [1.165, 1.54) is 17.4 Å². The fourth-order valence-corrected chi connectivity index (χ4v) is 4.21. The van der Waals surface area contributed by atoms with Gasteiger partial charge in [-0.1, -0.05) is 13.8 Å². The molecule has 3 amide bonds. The van der Waals surface area contributed by atoms with Crippen LogP contribution >= 0.6 is 0 Å². The lowest BCUT2D eigenvalue weighted by Crippen LogP contribution is -2.58. The number of nitrogens with one attached hydrogen (secondary N) is 3. The molecule has 4 atom stereocenters. The monoisotopic (exact) mass is 521 g/mol. The number of hydrogen-bond acceptors (Lipinski definition) is 7. The fourth-order valence-electron chi connectivity index (χ4n) is 4.21. The van der Waals surface area contributed by atoms with Crippen molar-refractivity contribution >= 4 is 29.7 Å². The molecule has 1 aliphatic heterocycles. The first-order valence-corrected chi connectivity index (χ1v) is 12.4. The highest BCUT2D eigenvalue weighted by atomic mass is 16.4. The van der Waals surface area contributed by atoms with Gasteiger partial charge in [0.15, 0.2) is 5.96 Å². The molecule has 2 rings (SSSR count). The first-order chi connectivity index (χ1) is 17.5. The molecule has 1 aromatic rings. The van der Waals surface area contributed by atoms with Crippen molar-refractivity contribution in [3.8, 4) is 0 Å². The number of likely N-dealkylation sites (tertiary alicyclic amines) is 1. The van der Waals surface area contributed by atoms with Gasteiger partial charge in [-0.05, 0) is 38.0 Å². The largest absolute Gasteiger partial charge is 0.480 e. The van der Waals surface area contributed by atoms with Gasteiger partial charge in [-0.2, -0.15) is 0 Å². The number of nitrogens with two attached hydrogens (primary N) is 3. The van der Waals surface area contributed by atoms with E-state index < -0.39 is 47.9 Å². The Morgan fingerprint density at radius 1 is 1.22 bits per heavy atom. The van der Waals surface area contributed by atoms with E-state index in [1.807, 2.05) is 13.8 Å². The topological polar surface area (TPSA) is 235 Å². The van der Waals surface area contributed by atoms with Crippen molar-refractivity contribution in [2.24, 2.45) is 28.1 Å². The number of guanidine groups is 1. The third-order valence-corrected chi connectivity index (χ3v) is 6.06. The molecule has 14 nitrogen and oxygen atoms in total. The van der Waals surface area contributed by atoms with Gasteiger partial charge in [0, 0.05) is 31.4 Å². The number of hydrogen-bond donors (Lipinski definition) is 7. The summed E-state index contributed by atoms with van der Waals surface area (Å²) in [5, 5.41) is 15.0. The van der Waals surface area contributed by atoms with E-state index in [9.17, 15) is 24.3 Å². The second-order valence-electron chi connectivity index (χ2n) is 9.62. The van der Waals surface area contributed by atoms with Crippen LogP contribution in [0.15, 0.2) is 17.5 Å². The van der Waals surface area contributed by atoms with E-state index in [0.29, 0.717) is 44.3 Å². The van der Waals surface area contributed by atoms with Gasteiger partial charge in [-0.15, -0.1) is 0 Å². The number of nitrogens with zero attached hydrogens (tertiary/aromatic N) is 3. The summed E-state index contributed by atoms with van der Waals surface area (Å²) in [6, 6.07) is -3.81. The van der Waals surface area contributed by atoms with Crippen LogP contribution in [-0.4, -0.2) is 86.9 Å². The molecule has 2 heterocycles. The maximum absolute atomic E-state index is 13.4. The Bertz CT molecular complexity index is 946. The molecule has 10 N–H and O–H groups in total. The second kappa shape index (κ2) is 14.2. The van der Waals surface area contributed by atoms with Crippen LogP contribution in [0.25, 0.3) is 0 Å². The third-order valence-electron chi connectivity index (χ3n) is 6.06. The summed E-state index contributed by atoms with van der Waals surface area (Å²) in [5.74, 6) is -2.65. The van der Waals surface area contributed by atoms with E-state index in [2.05, 4.69) is 25.6 Å². The van der Waals surface area contributed by atoms with E-state index in [0.717, 1.165) is 0 Å². The Kier molecular flexibility index (Phi) is 11.3. The highest BCUT2D eigenvalue weighted by Crippen LogP contribution is 2.19. The number of imidazole rings is 1. The van der Waals surface area contributed by atoms with Crippen LogP contribution in [-0.2, 0) is 25.6 Å². The normalized spacial score (nSPS) is 17.6. The molecule has 0 radical (unpaired) electrons. The Morgan fingerprint density at radius 2 is 1.92 bits per heavy atom. The van der Waals surface area contributed by atoms with Crippen LogP contribution in [0.4, 0.5) is 0 Å². The van der Waals surface area contributed by atoms with Gasteiger partial charge < -0.3 is 42.8 Å². The van der Waals surface area contributed by atoms with E-state index >= 15 is 0 Å². The van der Waals surface area contributed by atoms with Gasteiger partial charge in [0.1, 0.15) is 18.1 Å². The van der Waals surface area contributed by atoms with Crippen LogP contribution in [0, 0.1) is 5.92 Å². The zero-order valence-electron chi connectivity index (χ0n) is 21.4. The molecule has 1 saturated heterocycles. The van der Waals surface area contributed by atoms with Gasteiger partial charge in [0.2, 0.25) is 17.7 Å². The van der Waals surface area contributed by atoms with Gasteiger partial charge in [0.25, 0.3) is 0 Å². The maximum atomic E-state index is 13.4. The van der Waals surface area contributed by atoms with E-state index in [4.69, 9.17) is 17.2 Å². The summed E-state index contributed by atoms with van der Waals surface area (Å²) in [6.07, 6.45) is 5.06. The maximum Gasteiger partial charge on any atom is 0.326 e.